The number of rotatable bonds is 2. The Labute approximate surface area is 119 Å². The summed E-state index contributed by atoms with van der Waals surface area (Å²) in [5, 5.41) is 16.4. The van der Waals surface area contributed by atoms with Crippen molar-refractivity contribution in [2.75, 3.05) is 0 Å². The van der Waals surface area contributed by atoms with E-state index < -0.39 is 0 Å². The van der Waals surface area contributed by atoms with Crippen molar-refractivity contribution in [1.29, 1.82) is 0 Å². The topological polar surface area (TPSA) is 43.1 Å². The van der Waals surface area contributed by atoms with Gasteiger partial charge < -0.3 is 0 Å². The fourth-order valence-corrected chi connectivity index (χ4v) is 3.30. The Morgan fingerprint density at radius 3 is 2.80 bits per heavy atom. The molecule has 0 aliphatic heterocycles. The molecule has 0 fully saturated rings. The summed E-state index contributed by atoms with van der Waals surface area (Å²) in [6.45, 7) is 2.06. The highest BCUT2D eigenvalue weighted by Gasteiger charge is 2.13. The quantitative estimate of drug-likeness (QED) is 0.564. The Hall–Kier alpha value is -2.27. The SMILES string of the molecule is CCc1nnc2sc(-c3cccc4ccccc34)nn12. The van der Waals surface area contributed by atoms with Crippen molar-refractivity contribution >= 4 is 27.1 Å². The van der Waals surface area contributed by atoms with Gasteiger partial charge in [-0.1, -0.05) is 60.7 Å². The van der Waals surface area contributed by atoms with Crippen molar-refractivity contribution in [1.82, 2.24) is 19.8 Å². The zero-order valence-corrected chi connectivity index (χ0v) is 11.8. The largest absolute Gasteiger partial charge is 0.234 e. The lowest BCUT2D eigenvalue weighted by Gasteiger charge is -2.02. The van der Waals surface area contributed by atoms with Gasteiger partial charge in [0.15, 0.2) is 5.82 Å². The molecule has 4 nitrogen and oxygen atoms in total. The highest BCUT2D eigenvalue weighted by atomic mass is 32.1. The van der Waals surface area contributed by atoms with Crippen LogP contribution in [0.25, 0.3) is 26.3 Å². The van der Waals surface area contributed by atoms with Gasteiger partial charge in [0.05, 0.1) is 0 Å². The average Bonchev–Trinajstić information content (AvgIpc) is 3.06. The van der Waals surface area contributed by atoms with Crippen LogP contribution in [-0.4, -0.2) is 19.8 Å². The first-order valence-corrected chi connectivity index (χ1v) is 7.37. The van der Waals surface area contributed by atoms with Gasteiger partial charge in [0.25, 0.3) is 0 Å². The Bertz CT molecular complexity index is 901. The maximum absolute atomic E-state index is 4.67. The summed E-state index contributed by atoms with van der Waals surface area (Å²) >= 11 is 1.58. The van der Waals surface area contributed by atoms with Crippen molar-refractivity contribution in [2.24, 2.45) is 0 Å². The molecule has 0 atom stereocenters. The smallest absolute Gasteiger partial charge is 0.187 e. The van der Waals surface area contributed by atoms with Gasteiger partial charge in [0.1, 0.15) is 5.01 Å². The third kappa shape index (κ3) is 1.63. The van der Waals surface area contributed by atoms with Crippen LogP contribution >= 0.6 is 11.3 Å². The molecule has 0 spiro atoms. The Morgan fingerprint density at radius 2 is 1.90 bits per heavy atom. The minimum Gasteiger partial charge on any atom is -0.187 e. The molecule has 2 heterocycles. The van der Waals surface area contributed by atoms with Crippen molar-refractivity contribution in [3.8, 4) is 10.6 Å². The molecule has 4 aromatic rings. The van der Waals surface area contributed by atoms with Crippen molar-refractivity contribution in [2.45, 2.75) is 13.3 Å². The third-order valence-electron chi connectivity index (χ3n) is 3.39. The predicted molar refractivity (Wildman–Crippen MR) is 81.0 cm³/mol. The van der Waals surface area contributed by atoms with Crippen LogP contribution in [-0.2, 0) is 6.42 Å². The fourth-order valence-electron chi connectivity index (χ4n) is 2.40. The van der Waals surface area contributed by atoms with E-state index in [4.69, 9.17) is 0 Å². The first kappa shape index (κ1) is 11.5. The zero-order chi connectivity index (χ0) is 13.5. The lowest BCUT2D eigenvalue weighted by atomic mass is 10.1. The highest BCUT2D eigenvalue weighted by Crippen LogP contribution is 2.31. The fraction of sp³-hybridized carbons (Fsp3) is 0.133. The first-order chi connectivity index (χ1) is 9.86. The maximum Gasteiger partial charge on any atom is 0.234 e. The van der Waals surface area contributed by atoms with Crippen LogP contribution in [0.2, 0.25) is 0 Å². The molecule has 0 amide bonds. The summed E-state index contributed by atoms with van der Waals surface area (Å²) < 4.78 is 1.85. The van der Waals surface area contributed by atoms with Gasteiger partial charge in [0, 0.05) is 12.0 Å². The van der Waals surface area contributed by atoms with E-state index in [2.05, 4.69) is 64.7 Å². The molecular weight excluding hydrogens is 268 g/mol. The van der Waals surface area contributed by atoms with E-state index in [0.717, 1.165) is 27.8 Å². The number of benzene rings is 2. The van der Waals surface area contributed by atoms with Gasteiger partial charge in [0.2, 0.25) is 4.96 Å². The van der Waals surface area contributed by atoms with E-state index in [0.29, 0.717) is 0 Å². The molecule has 0 N–H and O–H groups in total. The van der Waals surface area contributed by atoms with Crippen LogP contribution in [0.3, 0.4) is 0 Å². The third-order valence-corrected chi connectivity index (χ3v) is 4.32. The maximum atomic E-state index is 4.67. The number of aryl methyl sites for hydroxylation is 1. The molecule has 4 rings (SSSR count). The van der Waals surface area contributed by atoms with Gasteiger partial charge in [-0.05, 0) is 10.8 Å². The first-order valence-electron chi connectivity index (χ1n) is 6.56. The molecule has 0 aliphatic rings. The zero-order valence-electron chi connectivity index (χ0n) is 10.9. The van der Waals surface area contributed by atoms with Gasteiger partial charge in [-0.3, -0.25) is 0 Å². The molecule has 0 saturated carbocycles. The predicted octanol–water partition coefficient (Wildman–Crippen LogP) is 3.57. The van der Waals surface area contributed by atoms with E-state index in [1.54, 1.807) is 11.3 Å². The molecule has 98 valence electrons. The molecule has 0 aliphatic carbocycles. The molecule has 0 bridgehead atoms. The van der Waals surface area contributed by atoms with Crippen molar-refractivity contribution < 1.29 is 0 Å². The van der Waals surface area contributed by atoms with Crippen LogP contribution in [0.4, 0.5) is 0 Å². The normalized spacial score (nSPS) is 11.4. The number of nitrogens with zero attached hydrogens (tertiary/aromatic N) is 4. The minimum absolute atomic E-state index is 0.833. The van der Waals surface area contributed by atoms with Crippen LogP contribution in [0.15, 0.2) is 42.5 Å². The molecule has 5 heteroatoms. The van der Waals surface area contributed by atoms with Gasteiger partial charge >= 0.3 is 0 Å². The molecule has 2 aromatic carbocycles. The van der Waals surface area contributed by atoms with Gasteiger partial charge in [-0.2, -0.15) is 9.61 Å². The summed E-state index contributed by atoms with van der Waals surface area (Å²) in [7, 11) is 0. The number of hydrogen-bond acceptors (Lipinski definition) is 4. The monoisotopic (exact) mass is 280 g/mol. The summed E-state index contributed by atoms with van der Waals surface area (Å²) in [5.41, 5.74) is 1.15. The summed E-state index contributed by atoms with van der Waals surface area (Å²) in [6.07, 6.45) is 0.833. The summed E-state index contributed by atoms with van der Waals surface area (Å²) in [4.78, 5) is 0.852. The molecule has 20 heavy (non-hydrogen) atoms. The lowest BCUT2D eigenvalue weighted by Crippen LogP contribution is -1.93. The average molecular weight is 280 g/mol. The van der Waals surface area contributed by atoms with E-state index in [1.807, 2.05) is 4.52 Å². The Balaban J connectivity index is 1.98. The van der Waals surface area contributed by atoms with E-state index in [-0.39, 0.29) is 0 Å². The molecular formula is C15H12N4S. The van der Waals surface area contributed by atoms with Crippen molar-refractivity contribution in [3.63, 3.8) is 0 Å². The van der Waals surface area contributed by atoms with Crippen LogP contribution < -0.4 is 0 Å². The Morgan fingerprint density at radius 1 is 1.05 bits per heavy atom. The van der Waals surface area contributed by atoms with Crippen LogP contribution in [0, 0.1) is 0 Å². The van der Waals surface area contributed by atoms with E-state index >= 15 is 0 Å². The minimum atomic E-state index is 0.833. The van der Waals surface area contributed by atoms with Crippen molar-refractivity contribution in [3.05, 3.63) is 48.3 Å². The standard InChI is InChI=1S/C15H12N4S/c1-2-13-16-17-15-19(13)18-14(20-15)12-9-5-7-10-6-3-4-8-11(10)12/h3-9H,2H2,1H3. The van der Waals surface area contributed by atoms with E-state index in [9.17, 15) is 0 Å². The number of fused-ring (bicyclic) bond motifs is 2. The lowest BCUT2D eigenvalue weighted by molar-refractivity contribution is 0.838. The second-order valence-corrected chi connectivity index (χ2v) is 5.55. The number of aromatic nitrogens is 4. The molecule has 0 radical (unpaired) electrons. The molecule has 0 saturated heterocycles. The van der Waals surface area contributed by atoms with Crippen LogP contribution in [0.1, 0.15) is 12.7 Å². The van der Waals surface area contributed by atoms with Crippen LogP contribution in [0.5, 0.6) is 0 Å². The van der Waals surface area contributed by atoms with Gasteiger partial charge in [-0.25, -0.2) is 0 Å². The second kappa shape index (κ2) is 4.38. The summed E-state index contributed by atoms with van der Waals surface area (Å²) in [6, 6.07) is 14.7. The summed E-state index contributed by atoms with van der Waals surface area (Å²) in [5.74, 6) is 0.905. The molecule has 2 aromatic heterocycles. The van der Waals surface area contributed by atoms with Gasteiger partial charge in [-0.15, -0.1) is 10.2 Å². The highest BCUT2D eigenvalue weighted by molar-refractivity contribution is 7.19. The number of hydrogen-bond donors (Lipinski definition) is 0. The second-order valence-electron chi connectivity index (χ2n) is 4.60. The molecule has 0 unspecified atom stereocenters. The Kier molecular flexibility index (Phi) is 2.53. The van der Waals surface area contributed by atoms with E-state index in [1.165, 1.54) is 10.8 Å².